The molecule has 0 aliphatic rings. The Balaban J connectivity index is 0.000000250. The number of carboxylic acid groups (broad SMARTS) is 2. The lowest BCUT2D eigenvalue weighted by molar-refractivity contribution is 0.0624. The molecule has 46 heavy (non-hydrogen) atoms. The molecule has 0 unspecified atom stereocenters. The number of carbonyl (C=O) groups excluding carboxylic acids is 2. The van der Waals surface area contributed by atoms with Crippen molar-refractivity contribution in [3.8, 4) is 21.1 Å². The molecule has 0 aliphatic carbocycles. The third-order valence-corrected chi connectivity index (χ3v) is 7.59. The van der Waals surface area contributed by atoms with Crippen molar-refractivity contribution in [1.82, 2.24) is 9.97 Å². The second-order valence-corrected chi connectivity index (χ2v) is 14.3. The SMILES string of the molecule is Cc1sc(-c2ccc(NC(=O)OC(C)(C)C)cc2)nc1C(=O)O.Cc1sc(-c2ccc(NC(=O)OC(C)(C)C)cc2)nc1C(=O)O. The summed E-state index contributed by atoms with van der Waals surface area (Å²) in [7, 11) is 0. The van der Waals surface area contributed by atoms with Gasteiger partial charge in [-0.15, -0.1) is 22.7 Å². The van der Waals surface area contributed by atoms with Gasteiger partial charge in [0.05, 0.1) is 0 Å². The third kappa shape index (κ3) is 10.7. The van der Waals surface area contributed by atoms with E-state index in [0.717, 1.165) is 11.1 Å². The first-order chi connectivity index (χ1) is 21.3. The second kappa shape index (κ2) is 14.5. The fourth-order valence-corrected chi connectivity index (χ4v) is 5.49. The van der Waals surface area contributed by atoms with Crippen LogP contribution in [0.1, 0.15) is 72.3 Å². The summed E-state index contributed by atoms with van der Waals surface area (Å²) < 4.78 is 10.4. The quantitative estimate of drug-likeness (QED) is 0.156. The van der Waals surface area contributed by atoms with E-state index in [1.54, 1.807) is 104 Å². The van der Waals surface area contributed by atoms with Crippen molar-refractivity contribution in [1.29, 1.82) is 0 Å². The molecule has 2 heterocycles. The maximum Gasteiger partial charge on any atom is 0.412 e. The molecule has 0 bridgehead atoms. The van der Waals surface area contributed by atoms with Gasteiger partial charge in [-0.1, -0.05) is 0 Å². The number of hydrogen-bond donors (Lipinski definition) is 4. The zero-order chi connectivity index (χ0) is 34.4. The molecule has 2 amide bonds. The number of nitrogens with zero attached hydrogens (tertiary/aromatic N) is 2. The molecule has 2 aromatic carbocycles. The van der Waals surface area contributed by atoms with Gasteiger partial charge in [-0.25, -0.2) is 29.1 Å². The van der Waals surface area contributed by atoms with E-state index in [-0.39, 0.29) is 11.4 Å². The van der Waals surface area contributed by atoms with Gasteiger partial charge in [0.15, 0.2) is 11.4 Å². The third-order valence-electron chi connectivity index (χ3n) is 5.55. The van der Waals surface area contributed by atoms with Gasteiger partial charge in [0, 0.05) is 32.3 Å². The van der Waals surface area contributed by atoms with Crippen molar-refractivity contribution >= 4 is 58.2 Å². The van der Waals surface area contributed by atoms with Crippen LogP contribution < -0.4 is 10.6 Å². The van der Waals surface area contributed by atoms with Crippen LogP contribution in [0.15, 0.2) is 48.5 Å². The van der Waals surface area contributed by atoms with Gasteiger partial charge >= 0.3 is 24.1 Å². The average molecular weight is 669 g/mol. The summed E-state index contributed by atoms with van der Waals surface area (Å²) in [4.78, 5) is 55.0. The normalized spacial score (nSPS) is 11.1. The number of hydrogen-bond acceptors (Lipinski definition) is 10. The number of ether oxygens (including phenoxy) is 2. The van der Waals surface area contributed by atoms with Crippen LogP contribution in [-0.2, 0) is 9.47 Å². The van der Waals surface area contributed by atoms with E-state index in [0.29, 0.717) is 31.1 Å². The molecular formula is C32H36N4O8S2. The number of aryl methyl sites for hydroxylation is 2. The van der Waals surface area contributed by atoms with Crippen LogP contribution in [0.4, 0.5) is 21.0 Å². The molecule has 2 aromatic heterocycles. The van der Waals surface area contributed by atoms with E-state index < -0.39 is 35.3 Å². The molecule has 4 N–H and O–H groups in total. The number of rotatable bonds is 6. The molecule has 4 aromatic rings. The lowest BCUT2D eigenvalue weighted by atomic mass is 10.2. The first-order valence-corrected chi connectivity index (χ1v) is 15.6. The standard InChI is InChI=1S/2C16H18N2O4S/c2*1-9-12(14(19)20)18-13(23-9)10-5-7-11(8-6-10)17-15(21)22-16(2,3)4/h2*5-8H,1-4H3,(H,17,21)(H,19,20). The van der Waals surface area contributed by atoms with Crippen molar-refractivity contribution < 1.29 is 38.9 Å². The highest BCUT2D eigenvalue weighted by Crippen LogP contribution is 2.30. The second-order valence-electron chi connectivity index (χ2n) is 11.9. The van der Waals surface area contributed by atoms with Gasteiger partial charge in [-0.2, -0.15) is 0 Å². The van der Waals surface area contributed by atoms with E-state index in [2.05, 4.69) is 20.6 Å². The lowest BCUT2D eigenvalue weighted by Gasteiger charge is -2.19. The van der Waals surface area contributed by atoms with Crippen LogP contribution >= 0.6 is 22.7 Å². The van der Waals surface area contributed by atoms with Gasteiger partial charge in [0.1, 0.15) is 21.2 Å². The number of benzene rings is 2. The van der Waals surface area contributed by atoms with Crippen molar-refractivity contribution in [2.45, 2.75) is 66.6 Å². The number of aromatic carboxylic acids is 2. The van der Waals surface area contributed by atoms with Crippen LogP contribution in [-0.4, -0.2) is 55.5 Å². The summed E-state index contributed by atoms with van der Waals surface area (Å²) in [5, 5.41) is 24.6. The van der Waals surface area contributed by atoms with Crippen molar-refractivity contribution in [2.24, 2.45) is 0 Å². The van der Waals surface area contributed by atoms with Gasteiger partial charge in [-0.3, -0.25) is 10.6 Å². The molecule has 4 rings (SSSR count). The fourth-order valence-electron chi connectivity index (χ4n) is 3.67. The van der Waals surface area contributed by atoms with Gasteiger partial charge < -0.3 is 19.7 Å². The molecular weight excluding hydrogens is 633 g/mol. The topological polar surface area (TPSA) is 177 Å². The number of nitrogens with one attached hydrogen (secondary N) is 2. The Labute approximate surface area is 274 Å². The Morgan fingerprint density at radius 1 is 0.609 bits per heavy atom. The number of thiazole rings is 2. The van der Waals surface area contributed by atoms with Crippen molar-refractivity contribution in [3.63, 3.8) is 0 Å². The predicted molar refractivity (Wildman–Crippen MR) is 178 cm³/mol. The summed E-state index contributed by atoms with van der Waals surface area (Å²) in [6.45, 7) is 14.2. The van der Waals surface area contributed by atoms with E-state index >= 15 is 0 Å². The van der Waals surface area contributed by atoms with Gasteiger partial charge in [0.25, 0.3) is 0 Å². The number of carbonyl (C=O) groups is 4. The van der Waals surface area contributed by atoms with Crippen LogP contribution in [0.2, 0.25) is 0 Å². The Bertz CT molecular complexity index is 1590. The zero-order valence-corrected chi connectivity index (χ0v) is 28.3. The lowest BCUT2D eigenvalue weighted by Crippen LogP contribution is -2.27. The molecule has 0 saturated heterocycles. The largest absolute Gasteiger partial charge is 0.476 e. The van der Waals surface area contributed by atoms with E-state index in [1.165, 1.54) is 22.7 Å². The smallest absolute Gasteiger partial charge is 0.412 e. The fraction of sp³-hybridized carbons (Fsp3) is 0.312. The van der Waals surface area contributed by atoms with E-state index in [9.17, 15) is 19.2 Å². The summed E-state index contributed by atoms with van der Waals surface area (Å²) in [6, 6.07) is 14.0. The summed E-state index contributed by atoms with van der Waals surface area (Å²) in [6.07, 6.45) is -1.05. The number of anilines is 2. The van der Waals surface area contributed by atoms with Crippen molar-refractivity contribution in [3.05, 3.63) is 69.7 Å². The molecule has 244 valence electrons. The Morgan fingerprint density at radius 2 is 0.913 bits per heavy atom. The summed E-state index contributed by atoms with van der Waals surface area (Å²) in [5.41, 5.74) is 1.79. The number of amides is 2. The monoisotopic (exact) mass is 668 g/mol. The van der Waals surface area contributed by atoms with Crippen LogP contribution in [0, 0.1) is 13.8 Å². The molecule has 0 atom stereocenters. The Morgan fingerprint density at radius 3 is 1.15 bits per heavy atom. The zero-order valence-electron chi connectivity index (χ0n) is 26.7. The van der Waals surface area contributed by atoms with Crippen LogP contribution in [0.25, 0.3) is 21.1 Å². The first kappa shape index (κ1) is 35.7. The highest BCUT2D eigenvalue weighted by Gasteiger charge is 2.19. The maximum absolute atomic E-state index is 11.7. The van der Waals surface area contributed by atoms with Gasteiger partial charge in [0.2, 0.25) is 0 Å². The molecule has 0 fully saturated rings. The molecule has 0 radical (unpaired) electrons. The average Bonchev–Trinajstić information content (AvgIpc) is 3.50. The Hall–Kier alpha value is -4.82. The first-order valence-electron chi connectivity index (χ1n) is 13.9. The summed E-state index contributed by atoms with van der Waals surface area (Å²) in [5.74, 6) is -2.07. The van der Waals surface area contributed by atoms with Crippen LogP contribution in [0.3, 0.4) is 0 Å². The molecule has 0 spiro atoms. The minimum absolute atomic E-state index is 0.0703. The number of carboxylic acids is 2. The summed E-state index contributed by atoms with van der Waals surface area (Å²) >= 11 is 2.64. The van der Waals surface area contributed by atoms with E-state index in [4.69, 9.17) is 19.7 Å². The molecule has 0 saturated carbocycles. The van der Waals surface area contributed by atoms with Gasteiger partial charge in [-0.05, 0) is 104 Å². The Kier molecular flexibility index (Phi) is 11.3. The maximum atomic E-state index is 11.7. The highest BCUT2D eigenvalue weighted by molar-refractivity contribution is 7.15. The number of aromatic nitrogens is 2. The molecule has 14 heteroatoms. The minimum Gasteiger partial charge on any atom is -0.476 e. The highest BCUT2D eigenvalue weighted by atomic mass is 32.1. The minimum atomic E-state index is -1.03. The van der Waals surface area contributed by atoms with E-state index in [1.807, 2.05) is 0 Å². The predicted octanol–water partition coefficient (Wildman–Crippen LogP) is 8.33. The van der Waals surface area contributed by atoms with Crippen molar-refractivity contribution in [2.75, 3.05) is 10.6 Å². The van der Waals surface area contributed by atoms with Crippen LogP contribution in [0.5, 0.6) is 0 Å². The molecule has 12 nitrogen and oxygen atoms in total. The molecule has 0 aliphatic heterocycles.